The van der Waals surface area contributed by atoms with E-state index >= 15 is 0 Å². The molecule has 170 valence electrons. The number of fused-ring (bicyclic) bond motifs is 1. The van der Waals surface area contributed by atoms with Crippen molar-refractivity contribution < 1.29 is 9.18 Å². The van der Waals surface area contributed by atoms with E-state index in [0.717, 1.165) is 48.3 Å². The van der Waals surface area contributed by atoms with Crippen molar-refractivity contribution >= 4 is 29.0 Å². The molecule has 2 amide bonds. The number of halogens is 2. The molecule has 1 fully saturated rings. The molecule has 0 unspecified atom stereocenters. The third-order valence-corrected chi connectivity index (χ3v) is 7.16. The number of amides is 2. The molecule has 0 saturated carbocycles. The van der Waals surface area contributed by atoms with Crippen LogP contribution in [-0.2, 0) is 13.1 Å². The molecule has 33 heavy (non-hydrogen) atoms. The molecular formula is C27H27ClFN3O. The maximum Gasteiger partial charge on any atom is 0.325 e. The third-order valence-electron chi connectivity index (χ3n) is 6.80. The van der Waals surface area contributed by atoms with Crippen LogP contribution in [0.15, 0.2) is 66.7 Å². The van der Waals surface area contributed by atoms with E-state index in [1.54, 1.807) is 6.07 Å². The summed E-state index contributed by atoms with van der Waals surface area (Å²) in [5.41, 5.74) is 4.64. The minimum Gasteiger partial charge on any atom is -0.369 e. The van der Waals surface area contributed by atoms with Crippen LogP contribution in [0.5, 0.6) is 0 Å². The van der Waals surface area contributed by atoms with Crippen molar-refractivity contribution in [3.05, 3.63) is 94.3 Å². The maximum absolute atomic E-state index is 14.5. The molecule has 2 aliphatic heterocycles. The van der Waals surface area contributed by atoms with Gasteiger partial charge in [-0.25, -0.2) is 9.18 Å². The van der Waals surface area contributed by atoms with Gasteiger partial charge in [0.05, 0.1) is 17.9 Å². The van der Waals surface area contributed by atoms with Gasteiger partial charge in [-0.05, 0) is 54.7 Å². The average molecular weight is 464 g/mol. The number of nitrogens with zero attached hydrogens (tertiary/aromatic N) is 3. The van der Waals surface area contributed by atoms with E-state index in [2.05, 4.69) is 11.0 Å². The zero-order valence-electron chi connectivity index (χ0n) is 18.7. The Morgan fingerprint density at radius 3 is 2.45 bits per heavy atom. The van der Waals surface area contributed by atoms with E-state index in [1.807, 2.05) is 65.3 Å². The molecule has 0 bridgehead atoms. The molecule has 5 rings (SSSR count). The number of hydrogen-bond donors (Lipinski definition) is 0. The van der Waals surface area contributed by atoms with E-state index in [9.17, 15) is 9.18 Å². The zero-order valence-corrected chi connectivity index (χ0v) is 19.4. The number of para-hydroxylation sites is 2. The fourth-order valence-electron chi connectivity index (χ4n) is 5.08. The number of anilines is 2. The molecule has 0 N–H and O–H groups in total. The number of aryl methyl sites for hydroxylation is 1. The maximum atomic E-state index is 14.5. The van der Waals surface area contributed by atoms with E-state index in [0.29, 0.717) is 23.8 Å². The van der Waals surface area contributed by atoms with Gasteiger partial charge in [-0.15, -0.1) is 0 Å². The summed E-state index contributed by atoms with van der Waals surface area (Å²) in [7, 11) is 0. The molecule has 0 aromatic heterocycles. The van der Waals surface area contributed by atoms with Crippen LogP contribution in [0.1, 0.15) is 29.5 Å². The van der Waals surface area contributed by atoms with Gasteiger partial charge in [-0.2, -0.15) is 0 Å². The quantitative estimate of drug-likeness (QED) is 0.447. The summed E-state index contributed by atoms with van der Waals surface area (Å²) in [4.78, 5) is 19.6. The Balaban J connectivity index is 1.37. The molecule has 0 aliphatic carbocycles. The fourth-order valence-corrected chi connectivity index (χ4v) is 5.27. The first kappa shape index (κ1) is 21.8. The first-order chi connectivity index (χ1) is 16.0. The lowest BCUT2D eigenvalue weighted by atomic mass is 9.99. The number of urea groups is 1. The van der Waals surface area contributed by atoms with Gasteiger partial charge in [0.1, 0.15) is 5.82 Å². The standard InChI is InChI=1S/C27H27ClFN3O/c1-19-7-6-11-24(29)26(19)30-15-13-22(14-16-30)31-18-21-9-3-5-12-25(21)32(27(31)33)17-20-8-2-4-10-23(20)28/h2-12,22H,13-18H2,1H3. The Morgan fingerprint density at radius 1 is 0.970 bits per heavy atom. The number of rotatable bonds is 4. The summed E-state index contributed by atoms with van der Waals surface area (Å²) < 4.78 is 14.5. The summed E-state index contributed by atoms with van der Waals surface area (Å²) in [5.74, 6) is -0.178. The summed E-state index contributed by atoms with van der Waals surface area (Å²) in [6.45, 7) is 4.42. The van der Waals surface area contributed by atoms with Crippen LogP contribution in [0.25, 0.3) is 0 Å². The van der Waals surface area contributed by atoms with Gasteiger partial charge < -0.3 is 9.80 Å². The fraction of sp³-hybridized carbons (Fsp3) is 0.296. The van der Waals surface area contributed by atoms with Gasteiger partial charge in [0.25, 0.3) is 0 Å². The Kier molecular flexibility index (Phi) is 5.98. The zero-order chi connectivity index (χ0) is 22.9. The van der Waals surface area contributed by atoms with Crippen molar-refractivity contribution in [1.82, 2.24) is 4.90 Å². The summed E-state index contributed by atoms with van der Waals surface area (Å²) in [6, 6.07) is 21.1. The largest absolute Gasteiger partial charge is 0.369 e. The molecule has 4 nitrogen and oxygen atoms in total. The molecule has 2 aliphatic rings. The lowest BCUT2D eigenvalue weighted by Gasteiger charge is -2.44. The highest BCUT2D eigenvalue weighted by atomic mass is 35.5. The van der Waals surface area contributed by atoms with Crippen molar-refractivity contribution in [2.75, 3.05) is 22.9 Å². The first-order valence-electron chi connectivity index (χ1n) is 11.4. The molecule has 0 spiro atoms. The van der Waals surface area contributed by atoms with Crippen LogP contribution in [0.4, 0.5) is 20.6 Å². The van der Waals surface area contributed by atoms with Crippen molar-refractivity contribution in [1.29, 1.82) is 0 Å². The van der Waals surface area contributed by atoms with Crippen molar-refractivity contribution in [3.8, 4) is 0 Å². The lowest BCUT2D eigenvalue weighted by Crippen LogP contribution is -2.54. The summed E-state index contributed by atoms with van der Waals surface area (Å²) >= 11 is 6.42. The second-order valence-electron chi connectivity index (χ2n) is 8.84. The Hall–Kier alpha value is -3.05. The van der Waals surface area contributed by atoms with E-state index < -0.39 is 0 Å². The Bertz CT molecular complexity index is 1160. The van der Waals surface area contributed by atoms with Crippen LogP contribution in [0.3, 0.4) is 0 Å². The number of carbonyl (C=O) groups excluding carboxylic acids is 1. The highest BCUT2D eigenvalue weighted by Gasteiger charge is 2.36. The molecule has 2 heterocycles. The van der Waals surface area contributed by atoms with Gasteiger partial charge in [0, 0.05) is 30.7 Å². The predicted octanol–water partition coefficient (Wildman–Crippen LogP) is 6.40. The molecule has 0 radical (unpaired) electrons. The monoisotopic (exact) mass is 463 g/mol. The molecule has 6 heteroatoms. The SMILES string of the molecule is Cc1cccc(F)c1N1CCC(N2Cc3ccccc3N(Cc3ccccc3Cl)C2=O)CC1. The number of piperidine rings is 1. The molecule has 1 saturated heterocycles. The van der Waals surface area contributed by atoms with Crippen molar-refractivity contribution in [3.63, 3.8) is 0 Å². The predicted molar refractivity (Wildman–Crippen MR) is 131 cm³/mol. The van der Waals surface area contributed by atoms with E-state index in [1.165, 1.54) is 6.07 Å². The molecule has 0 atom stereocenters. The van der Waals surface area contributed by atoms with Gasteiger partial charge >= 0.3 is 6.03 Å². The first-order valence-corrected chi connectivity index (χ1v) is 11.8. The summed E-state index contributed by atoms with van der Waals surface area (Å²) in [5, 5.41) is 0.661. The van der Waals surface area contributed by atoms with Crippen molar-refractivity contribution in [2.45, 2.75) is 38.9 Å². The number of benzene rings is 3. The Morgan fingerprint density at radius 2 is 1.70 bits per heavy atom. The molecular weight excluding hydrogens is 437 g/mol. The minimum absolute atomic E-state index is 0.00846. The highest BCUT2D eigenvalue weighted by molar-refractivity contribution is 6.31. The second-order valence-corrected chi connectivity index (χ2v) is 9.25. The summed E-state index contributed by atoms with van der Waals surface area (Å²) in [6.07, 6.45) is 1.61. The smallest absolute Gasteiger partial charge is 0.325 e. The third kappa shape index (κ3) is 4.18. The lowest BCUT2D eigenvalue weighted by molar-refractivity contribution is 0.159. The van der Waals surface area contributed by atoms with Gasteiger partial charge in [0.15, 0.2) is 0 Å². The average Bonchev–Trinajstić information content (AvgIpc) is 2.82. The van der Waals surface area contributed by atoms with Crippen LogP contribution < -0.4 is 9.80 Å². The van der Waals surface area contributed by atoms with E-state index in [-0.39, 0.29) is 17.9 Å². The Labute approximate surface area is 199 Å². The molecule has 3 aromatic carbocycles. The van der Waals surface area contributed by atoms with Crippen LogP contribution in [0, 0.1) is 12.7 Å². The number of carbonyl (C=O) groups is 1. The van der Waals surface area contributed by atoms with Crippen LogP contribution >= 0.6 is 11.6 Å². The van der Waals surface area contributed by atoms with Crippen LogP contribution in [0.2, 0.25) is 5.02 Å². The van der Waals surface area contributed by atoms with Gasteiger partial charge in [-0.1, -0.05) is 60.1 Å². The minimum atomic E-state index is -0.178. The topological polar surface area (TPSA) is 26.8 Å². The highest BCUT2D eigenvalue weighted by Crippen LogP contribution is 2.35. The van der Waals surface area contributed by atoms with Gasteiger partial charge in [0.2, 0.25) is 0 Å². The second kappa shape index (κ2) is 9.06. The van der Waals surface area contributed by atoms with Gasteiger partial charge in [-0.3, -0.25) is 4.90 Å². The molecule has 3 aromatic rings. The normalized spacial score (nSPS) is 16.8. The van der Waals surface area contributed by atoms with E-state index in [4.69, 9.17) is 11.6 Å². The van der Waals surface area contributed by atoms with Crippen molar-refractivity contribution in [2.24, 2.45) is 0 Å². The van der Waals surface area contributed by atoms with Crippen LogP contribution in [-0.4, -0.2) is 30.1 Å². The number of hydrogen-bond acceptors (Lipinski definition) is 2.